The van der Waals surface area contributed by atoms with Crippen LogP contribution in [0, 0.1) is 5.82 Å². The molecule has 1 saturated carbocycles. The van der Waals surface area contributed by atoms with Gasteiger partial charge in [0.05, 0.1) is 22.7 Å². The molecular weight excluding hydrogens is 271 g/mol. The van der Waals surface area contributed by atoms with E-state index >= 15 is 0 Å². The molecule has 0 spiro atoms. The van der Waals surface area contributed by atoms with Crippen molar-refractivity contribution in [3.63, 3.8) is 0 Å². The Kier molecular flexibility index (Phi) is 4.07. The summed E-state index contributed by atoms with van der Waals surface area (Å²) in [6, 6.07) is 3.50. The maximum absolute atomic E-state index is 13.9. The summed E-state index contributed by atoms with van der Waals surface area (Å²) in [5, 5.41) is 12.6. The molecule has 19 heavy (non-hydrogen) atoms. The average molecular weight is 288 g/mol. The van der Waals surface area contributed by atoms with Crippen molar-refractivity contribution in [1.29, 1.82) is 0 Å². The molecule has 0 aromatic heterocycles. The molecule has 1 aromatic carbocycles. The maximum Gasteiger partial charge on any atom is 0.240 e. The van der Waals surface area contributed by atoms with E-state index in [1.807, 2.05) is 0 Å². The summed E-state index contributed by atoms with van der Waals surface area (Å²) in [6.07, 6.45) is 1.88. The minimum absolute atomic E-state index is 0.120. The summed E-state index contributed by atoms with van der Waals surface area (Å²) in [6.45, 7) is 0. The quantitative estimate of drug-likeness (QED) is 0.774. The molecule has 1 fully saturated rings. The fourth-order valence-corrected chi connectivity index (χ4v) is 2.95. The average Bonchev–Trinajstić information content (AvgIpc) is 2.77. The van der Waals surface area contributed by atoms with Gasteiger partial charge in [0.1, 0.15) is 5.82 Å². The summed E-state index contributed by atoms with van der Waals surface area (Å²) in [5.41, 5.74) is 0.209. The van der Waals surface area contributed by atoms with Crippen molar-refractivity contribution in [2.75, 3.05) is 12.4 Å². The summed E-state index contributed by atoms with van der Waals surface area (Å²) in [7, 11) is -2.37. The molecule has 0 radical (unpaired) electrons. The summed E-state index contributed by atoms with van der Waals surface area (Å²) in [4.78, 5) is -0.120. The summed E-state index contributed by atoms with van der Waals surface area (Å²) < 4.78 is 39.0. The van der Waals surface area contributed by atoms with E-state index in [9.17, 15) is 17.9 Å². The smallest absolute Gasteiger partial charge is 0.240 e. The Morgan fingerprint density at radius 2 is 2.11 bits per heavy atom. The first-order valence-electron chi connectivity index (χ1n) is 6.12. The molecule has 1 aliphatic rings. The van der Waals surface area contributed by atoms with Gasteiger partial charge < -0.3 is 10.4 Å². The molecule has 106 valence electrons. The number of rotatable bonds is 4. The highest BCUT2D eigenvalue weighted by Gasteiger charge is 2.26. The van der Waals surface area contributed by atoms with Crippen LogP contribution in [-0.2, 0) is 10.0 Å². The molecular formula is C12H17FN2O3S. The van der Waals surface area contributed by atoms with Crippen molar-refractivity contribution in [2.24, 2.45) is 0 Å². The zero-order valence-electron chi connectivity index (χ0n) is 10.6. The van der Waals surface area contributed by atoms with Crippen molar-refractivity contribution >= 4 is 15.7 Å². The molecule has 0 aliphatic heterocycles. The van der Waals surface area contributed by atoms with Crippen LogP contribution in [0.2, 0.25) is 0 Å². The molecule has 0 bridgehead atoms. The highest BCUT2D eigenvalue weighted by Crippen LogP contribution is 2.25. The predicted molar refractivity (Wildman–Crippen MR) is 69.9 cm³/mol. The van der Waals surface area contributed by atoms with Crippen LogP contribution >= 0.6 is 0 Å². The van der Waals surface area contributed by atoms with Gasteiger partial charge in [0.15, 0.2) is 0 Å². The van der Waals surface area contributed by atoms with Gasteiger partial charge in [0, 0.05) is 0 Å². The first-order chi connectivity index (χ1) is 8.94. The number of benzene rings is 1. The van der Waals surface area contributed by atoms with Gasteiger partial charge in [0.25, 0.3) is 0 Å². The van der Waals surface area contributed by atoms with Crippen molar-refractivity contribution < 1.29 is 17.9 Å². The van der Waals surface area contributed by atoms with E-state index in [0.717, 1.165) is 18.9 Å². The number of halogens is 1. The molecule has 5 nitrogen and oxygen atoms in total. The van der Waals surface area contributed by atoms with Gasteiger partial charge in [-0.2, -0.15) is 0 Å². The number of aliphatic hydroxyl groups is 1. The zero-order valence-corrected chi connectivity index (χ0v) is 11.4. The molecule has 1 aromatic rings. The SMILES string of the molecule is CNS(=O)(=O)c1ccc(N[C@@H]2CCC[C@H]2O)c(F)c1. The van der Waals surface area contributed by atoms with E-state index < -0.39 is 21.9 Å². The molecule has 0 unspecified atom stereocenters. The van der Waals surface area contributed by atoms with Crippen LogP contribution in [0.5, 0.6) is 0 Å². The zero-order chi connectivity index (χ0) is 14.0. The Morgan fingerprint density at radius 3 is 2.63 bits per heavy atom. The van der Waals surface area contributed by atoms with E-state index in [0.29, 0.717) is 6.42 Å². The van der Waals surface area contributed by atoms with Crippen LogP contribution in [0.1, 0.15) is 19.3 Å². The highest BCUT2D eigenvalue weighted by atomic mass is 32.2. The van der Waals surface area contributed by atoms with Gasteiger partial charge in [-0.3, -0.25) is 0 Å². The van der Waals surface area contributed by atoms with Crippen molar-refractivity contribution in [3.05, 3.63) is 24.0 Å². The number of hydrogen-bond acceptors (Lipinski definition) is 4. The lowest BCUT2D eigenvalue weighted by atomic mass is 10.2. The number of nitrogens with one attached hydrogen (secondary N) is 2. The van der Waals surface area contributed by atoms with Gasteiger partial charge in [-0.15, -0.1) is 0 Å². The minimum atomic E-state index is -3.64. The lowest BCUT2D eigenvalue weighted by molar-refractivity contribution is 0.171. The lowest BCUT2D eigenvalue weighted by Crippen LogP contribution is -2.28. The normalized spacial score (nSPS) is 23.5. The van der Waals surface area contributed by atoms with Gasteiger partial charge in [-0.05, 0) is 44.5 Å². The fourth-order valence-electron chi connectivity index (χ4n) is 2.21. The number of hydrogen-bond donors (Lipinski definition) is 3. The Morgan fingerprint density at radius 1 is 1.37 bits per heavy atom. The lowest BCUT2D eigenvalue weighted by Gasteiger charge is -2.18. The maximum atomic E-state index is 13.9. The number of sulfonamides is 1. The van der Waals surface area contributed by atoms with Gasteiger partial charge in [-0.25, -0.2) is 17.5 Å². The third-order valence-electron chi connectivity index (χ3n) is 3.34. The van der Waals surface area contributed by atoms with E-state index in [-0.39, 0.29) is 16.6 Å². The van der Waals surface area contributed by atoms with Crippen LogP contribution in [0.15, 0.2) is 23.1 Å². The Balaban J connectivity index is 2.20. The van der Waals surface area contributed by atoms with Crippen molar-refractivity contribution in [3.8, 4) is 0 Å². The van der Waals surface area contributed by atoms with Crippen LogP contribution in [0.4, 0.5) is 10.1 Å². The molecule has 3 N–H and O–H groups in total. The van der Waals surface area contributed by atoms with Crippen molar-refractivity contribution in [1.82, 2.24) is 4.72 Å². The first kappa shape index (κ1) is 14.2. The molecule has 7 heteroatoms. The highest BCUT2D eigenvalue weighted by molar-refractivity contribution is 7.89. The van der Waals surface area contributed by atoms with Gasteiger partial charge >= 0.3 is 0 Å². The Labute approximate surface area is 111 Å². The fraction of sp³-hybridized carbons (Fsp3) is 0.500. The molecule has 0 saturated heterocycles. The Bertz CT molecular complexity index is 562. The minimum Gasteiger partial charge on any atom is -0.391 e. The molecule has 2 rings (SSSR count). The van der Waals surface area contributed by atoms with E-state index in [2.05, 4.69) is 10.0 Å². The Hall–Kier alpha value is -1.18. The second kappa shape index (κ2) is 5.44. The number of aliphatic hydroxyl groups excluding tert-OH is 1. The third kappa shape index (κ3) is 3.05. The van der Waals surface area contributed by atoms with E-state index in [1.54, 1.807) is 0 Å². The third-order valence-corrected chi connectivity index (χ3v) is 4.75. The molecule has 0 heterocycles. The largest absolute Gasteiger partial charge is 0.391 e. The second-order valence-electron chi connectivity index (χ2n) is 4.60. The monoisotopic (exact) mass is 288 g/mol. The topological polar surface area (TPSA) is 78.4 Å². The standard InChI is InChI=1S/C12H17FN2O3S/c1-14-19(17,18)8-5-6-10(9(13)7-8)15-11-3-2-4-12(11)16/h5-7,11-12,14-16H,2-4H2,1H3/t11-,12-/m1/s1. The van der Waals surface area contributed by atoms with Crippen LogP contribution in [0.25, 0.3) is 0 Å². The molecule has 2 atom stereocenters. The van der Waals surface area contributed by atoms with Gasteiger partial charge in [-0.1, -0.05) is 0 Å². The molecule has 0 amide bonds. The first-order valence-corrected chi connectivity index (χ1v) is 7.60. The van der Waals surface area contributed by atoms with Crippen LogP contribution in [0.3, 0.4) is 0 Å². The summed E-state index contributed by atoms with van der Waals surface area (Å²) in [5.74, 6) is -0.643. The van der Waals surface area contributed by atoms with E-state index in [4.69, 9.17) is 0 Å². The predicted octanol–water partition coefficient (Wildman–Crippen LogP) is 1.06. The van der Waals surface area contributed by atoms with Crippen LogP contribution in [-0.4, -0.2) is 32.7 Å². The second-order valence-corrected chi connectivity index (χ2v) is 6.48. The number of anilines is 1. The molecule has 1 aliphatic carbocycles. The van der Waals surface area contributed by atoms with Crippen molar-refractivity contribution in [2.45, 2.75) is 36.3 Å². The summed E-state index contributed by atoms with van der Waals surface area (Å²) >= 11 is 0. The van der Waals surface area contributed by atoms with Crippen LogP contribution < -0.4 is 10.0 Å². The van der Waals surface area contributed by atoms with Gasteiger partial charge in [0.2, 0.25) is 10.0 Å². The van der Waals surface area contributed by atoms with E-state index in [1.165, 1.54) is 19.2 Å².